The number of fused-ring (bicyclic) bond motifs is 1. The molecule has 1 aliphatic heterocycles. The summed E-state index contributed by atoms with van der Waals surface area (Å²) in [5.41, 5.74) is 2.23. The summed E-state index contributed by atoms with van der Waals surface area (Å²) in [7, 11) is -3.65. The lowest BCUT2D eigenvalue weighted by atomic mass is 10.0. The Morgan fingerprint density at radius 2 is 1.67 bits per heavy atom. The number of nitrogens with one attached hydrogen (secondary N) is 1. The zero-order chi connectivity index (χ0) is 30.3. The monoisotopic (exact) mass is 657 g/mol. The number of ether oxygens (including phenoxy) is 2. The number of halogens is 1. The molecule has 0 saturated carbocycles. The van der Waals surface area contributed by atoms with Gasteiger partial charge in [0.25, 0.3) is 0 Å². The maximum atomic E-state index is 13.9. The fraction of sp³-hybridized carbons (Fsp3) is 0.355. The molecule has 224 valence electrons. The highest BCUT2D eigenvalue weighted by molar-refractivity contribution is 9.10. The Kier molecular flexibility index (Phi) is 10.5. The van der Waals surface area contributed by atoms with Crippen LogP contribution in [0.4, 0.5) is 5.69 Å². The molecule has 3 aromatic rings. The zero-order valence-corrected chi connectivity index (χ0v) is 26.4. The van der Waals surface area contributed by atoms with Crippen LogP contribution in [-0.2, 0) is 32.6 Å². The second-order valence-corrected chi connectivity index (χ2v) is 13.3. The lowest BCUT2D eigenvalue weighted by molar-refractivity contribution is -0.141. The fourth-order valence-electron chi connectivity index (χ4n) is 4.81. The number of hydrogen-bond donors (Lipinski definition) is 1. The molecule has 0 aliphatic carbocycles. The van der Waals surface area contributed by atoms with E-state index in [4.69, 9.17) is 9.47 Å². The molecule has 1 heterocycles. The standard InChI is InChI=1S/C31H36BrN3O6S/c1-22(2)33-31(37)27(18-23-9-5-4-6-10-23)34(20-24-11-7-12-25(32)17-24)30(36)13-8-16-35(42(3,38)39)26-14-15-28-29(19-26)41-21-40-28/h4-7,9-12,14-15,17,19,22,27H,8,13,16,18,20-21H2,1-3H3,(H,33,37)/t27-/m0/s1. The van der Waals surface area contributed by atoms with Crippen LogP contribution in [0, 0.1) is 0 Å². The predicted octanol–water partition coefficient (Wildman–Crippen LogP) is 4.89. The summed E-state index contributed by atoms with van der Waals surface area (Å²) < 4.78 is 38.3. The van der Waals surface area contributed by atoms with Gasteiger partial charge in [0.2, 0.25) is 28.6 Å². The van der Waals surface area contributed by atoms with Gasteiger partial charge in [-0.05, 0) is 55.7 Å². The lowest BCUT2D eigenvalue weighted by Gasteiger charge is -2.32. The number of carbonyl (C=O) groups excluding carboxylic acids is 2. The number of carbonyl (C=O) groups is 2. The van der Waals surface area contributed by atoms with Crippen molar-refractivity contribution in [3.05, 3.63) is 88.4 Å². The summed E-state index contributed by atoms with van der Waals surface area (Å²) in [6, 6.07) is 21.3. The Balaban J connectivity index is 1.57. The van der Waals surface area contributed by atoms with E-state index in [9.17, 15) is 18.0 Å². The molecule has 0 unspecified atom stereocenters. The molecular weight excluding hydrogens is 622 g/mol. The molecule has 3 aromatic carbocycles. The molecule has 2 amide bonds. The van der Waals surface area contributed by atoms with Gasteiger partial charge in [0.1, 0.15) is 6.04 Å². The van der Waals surface area contributed by atoms with Gasteiger partial charge in [0.05, 0.1) is 11.9 Å². The van der Waals surface area contributed by atoms with E-state index in [-0.39, 0.29) is 50.6 Å². The van der Waals surface area contributed by atoms with Crippen molar-refractivity contribution in [3.63, 3.8) is 0 Å². The van der Waals surface area contributed by atoms with Crippen LogP contribution in [0.1, 0.15) is 37.8 Å². The minimum Gasteiger partial charge on any atom is -0.454 e. The molecule has 1 N–H and O–H groups in total. The predicted molar refractivity (Wildman–Crippen MR) is 166 cm³/mol. The molecule has 0 fully saturated rings. The number of amides is 2. The van der Waals surface area contributed by atoms with Crippen LogP contribution in [0.15, 0.2) is 77.3 Å². The average molecular weight is 659 g/mol. The molecular formula is C31H36BrN3O6S. The molecule has 1 aliphatic rings. The SMILES string of the molecule is CC(C)NC(=O)[C@H](Cc1ccccc1)N(Cc1cccc(Br)c1)C(=O)CCCN(c1ccc2c(c1)OCO2)S(C)(=O)=O. The normalized spacial score (nSPS) is 13.1. The second kappa shape index (κ2) is 14.1. The van der Waals surface area contributed by atoms with Crippen LogP contribution in [-0.4, -0.2) is 56.8 Å². The van der Waals surface area contributed by atoms with Crippen LogP contribution < -0.4 is 19.1 Å². The molecule has 11 heteroatoms. The lowest BCUT2D eigenvalue weighted by Crippen LogP contribution is -2.51. The van der Waals surface area contributed by atoms with Gasteiger partial charge in [-0.15, -0.1) is 0 Å². The van der Waals surface area contributed by atoms with Gasteiger partial charge in [-0.2, -0.15) is 0 Å². The van der Waals surface area contributed by atoms with E-state index < -0.39 is 16.1 Å². The molecule has 0 aromatic heterocycles. The quantitative estimate of drug-likeness (QED) is 0.281. The van der Waals surface area contributed by atoms with E-state index in [2.05, 4.69) is 21.2 Å². The summed E-state index contributed by atoms with van der Waals surface area (Å²) in [5.74, 6) is 0.538. The molecule has 0 bridgehead atoms. The molecule has 0 spiro atoms. The topological polar surface area (TPSA) is 105 Å². The van der Waals surface area contributed by atoms with Gasteiger partial charge in [-0.3, -0.25) is 13.9 Å². The van der Waals surface area contributed by atoms with E-state index in [1.165, 1.54) is 4.31 Å². The van der Waals surface area contributed by atoms with Gasteiger partial charge >= 0.3 is 0 Å². The maximum absolute atomic E-state index is 13.9. The smallest absolute Gasteiger partial charge is 0.243 e. The average Bonchev–Trinajstić information content (AvgIpc) is 3.40. The fourth-order valence-corrected chi connectivity index (χ4v) is 6.21. The molecule has 42 heavy (non-hydrogen) atoms. The van der Waals surface area contributed by atoms with Crippen molar-refractivity contribution < 1.29 is 27.5 Å². The zero-order valence-electron chi connectivity index (χ0n) is 24.0. The Labute approximate surface area is 256 Å². The van der Waals surface area contributed by atoms with Gasteiger partial charge < -0.3 is 19.7 Å². The highest BCUT2D eigenvalue weighted by Crippen LogP contribution is 2.36. The van der Waals surface area contributed by atoms with Crippen molar-refractivity contribution in [3.8, 4) is 11.5 Å². The Morgan fingerprint density at radius 1 is 0.952 bits per heavy atom. The summed E-state index contributed by atoms with van der Waals surface area (Å²) in [6.07, 6.45) is 1.76. The molecule has 1 atom stereocenters. The Bertz CT molecular complexity index is 1500. The van der Waals surface area contributed by atoms with Gasteiger partial charge in [-0.1, -0.05) is 58.4 Å². The van der Waals surface area contributed by atoms with Crippen molar-refractivity contribution in [1.82, 2.24) is 10.2 Å². The van der Waals surface area contributed by atoms with Crippen LogP contribution >= 0.6 is 15.9 Å². The highest BCUT2D eigenvalue weighted by atomic mass is 79.9. The van der Waals surface area contributed by atoms with Crippen molar-refractivity contribution >= 4 is 43.5 Å². The molecule has 0 radical (unpaired) electrons. The first-order valence-electron chi connectivity index (χ1n) is 13.8. The van der Waals surface area contributed by atoms with Gasteiger partial charge in [-0.25, -0.2) is 8.42 Å². The number of hydrogen-bond acceptors (Lipinski definition) is 6. The third-order valence-corrected chi connectivity index (χ3v) is 8.43. The van der Waals surface area contributed by atoms with E-state index in [1.54, 1.807) is 23.1 Å². The van der Waals surface area contributed by atoms with Crippen LogP contribution in [0.25, 0.3) is 0 Å². The highest BCUT2D eigenvalue weighted by Gasteiger charge is 2.31. The largest absolute Gasteiger partial charge is 0.454 e. The Morgan fingerprint density at radius 3 is 2.36 bits per heavy atom. The first kappa shape index (κ1) is 31.4. The van der Waals surface area contributed by atoms with Crippen LogP contribution in [0.2, 0.25) is 0 Å². The summed E-state index contributed by atoms with van der Waals surface area (Å²) in [6.45, 7) is 4.14. The number of benzene rings is 3. The first-order chi connectivity index (χ1) is 20.0. The van der Waals surface area contributed by atoms with Gasteiger partial charge in [0, 0.05) is 42.5 Å². The summed E-state index contributed by atoms with van der Waals surface area (Å²) in [5, 5.41) is 2.98. The maximum Gasteiger partial charge on any atom is 0.243 e. The van der Waals surface area contributed by atoms with Crippen LogP contribution in [0.3, 0.4) is 0 Å². The number of sulfonamides is 1. The summed E-state index contributed by atoms with van der Waals surface area (Å²) >= 11 is 3.50. The van der Waals surface area contributed by atoms with E-state index >= 15 is 0 Å². The van der Waals surface area contributed by atoms with Crippen molar-refractivity contribution in [2.45, 2.75) is 51.7 Å². The van der Waals surface area contributed by atoms with Crippen molar-refractivity contribution in [2.24, 2.45) is 0 Å². The first-order valence-corrected chi connectivity index (χ1v) is 16.4. The third kappa shape index (κ3) is 8.48. The number of nitrogens with zero attached hydrogens (tertiary/aromatic N) is 2. The number of anilines is 1. The summed E-state index contributed by atoms with van der Waals surface area (Å²) in [4.78, 5) is 29.0. The van der Waals surface area contributed by atoms with Crippen molar-refractivity contribution in [1.29, 1.82) is 0 Å². The van der Waals surface area contributed by atoms with E-state index in [1.807, 2.05) is 68.4 Å². The minimum atomic E-state index is -3.65. The van der Waals surface area contributed by atoms with E-state index in [0.29, 0.717) is 23.6 Å². The van der Waals surface area contributed by atoms with E-state index in [0.717, 1.165) is 21.9 Å². The Hall–Kier alpha value is -3.57. The second-order valence-electron chi connectivity index (χ2n) is 10.5. The van der Waals surface area contributed by atoms with Crippen LogP contribution in [0.5, 0.6) is 11.5 Å². The molecule has 9 nitrogen and oxygen atoms in total. The molecule has 0 saturated heterocycles. The third-order valence-electron chi connectivity index (χ3n) is 6.74. The number of rotatable bonds is 13. The molecule has 4 rings (SSSR count). The van der Waals surface area contributed by atoms with Crippen molar-refractivity contribution in [2.75, 3.05) is 23.9 Å². The minimum absolute atomic E-state index is 0.0465. The van der Waals surface area contributed by atoms with Gasteiger partial charge in [0.15, 0.2) is 11.5 Å².